The summed E-state index contributed by atoms with van der Waals surface area (Å²) in [4.78, 5) is 23.9. The van der Waals surface area contributed by atoms with Gasteiger partial charge in [-0.2, -0.15) is 0 Å². The summed E-state index contributed by atoms with van der Waals surface area (Å²) >= 11 is 0. The Hall–Kier alpha value is -1.30. The van der Waals surface area contributed by atoms with Crippen LogP contribution in [-0.2, 0) is 14.3 Å². The van der Waals surface area contributed by atoms with E-state index in [2.05, 4.69) is 4.74 Å². The summed E-state index contributed by atoms with van der Waals surface area (Å²) in [7, 11) is 1.25. The van der Waals surface area contributed by atoms with Crippen LogP contribution in [-0.4, -0.2) is 54.5 Å². The molecule has 86 valence electrons. The van der Waals surface area contributed by atoms with Crippen molar-refractivity contribution in [3.8, 4) is 0 Å². The quantitative estimate of drug-likeness (QED) is 0.645. The minimum Gasteiger partial charge on any atom is -0.467 e. The molecule has 6 heteroatoms. The Labute approximate surface area is 87.8 Å². The molecular weight excluding hydrogens is 202 g/mol. The maximum absolute atomic E-state index is 11.4. The molecule has 1 amide bonds. The Morgan fingerprint density at radius 3 is 2.73 bits per heavy atom. The number of hydrogen-bond acceptors (Lipinski definition) is 5. The van der Waals surface area contributed by atoms with Gasteiger partial charge in [-0.15, -0.1) is 0 Å². The molecule has 1 heterocycles. The van der Waals surface area contributed by atoms with Crippen LogP contribution in [0.15, 0.2) is 0 Å². The molecule has 2 atom stereocenters. The van der Waals surface area contributed by atoms with E-state index in [-0.39, 0.29) is 19.6 Å². The standard InChI is InChI=1S/C9H15NO5/c1-3-15-9(13)10-5-6(11)4-7(10)8(12)14-2/h6-7,11H,3-5H2,1-2H3/t6-,7?/m1/s1. The Kier molecular flexibility index (Phi) is 3.90. The van der Waals surface area contributed by atoms with E-state index in [1.807, 2.05) is 0 Å². The van der Waals surface area contributed by atoms with Gasteiger partial charge < -0.3 is 14.6 Å². The first-order valence-electron chi connectivity index (χ1n) is 4.79. The molecule has 0 aliphatic carbocycles. The second-order valence-electron chi connectivity index (χ2n) is 3.28. The molecule has 6 nitrogen and oxygen atoms in total. The summed E-state index contributed by atoms with van der Waals surface area (Å²) < 4.78 is 9.31. The molecule has 1 rings (SSSR count). The molecule has 1 fully saturated rings. The van der Waals surface area contributed by atoms with Crippen molar-refractivity contribution in [2.24, 2.45) is 0 Å². The zero-order chi connectivity index (χ0) is 11.4. The van der Waals surface area contributed by atoms with E-state index >= 15 is 0 Å². The van der Waals surface area contributed by atoms with Crippen LogP contribution in [0.3, 0.4) is 0 Å². The zero-order valence-corrected chi connectivity index (χ0v) is 8.80. The highest BCUT2D eigenvalue weighted by atomic mass is 16.6. The maximum atomic E-state index is 11.4. The highest BCUT2D eigenvalue weighted by molar-refractivity contribution is 5.82. The van der Waals surface area contributed by atoms with Crippen molar-refractivity contribution in [3.05, 3.63) is 0 Å². The summed E-state index contributed by atoms with van der Waals surface area (Å²) in [5.74, 6) is -0.528. The van der Waals surface area contributed by atoms with E-state index in [0.29, 0.717) is 0 Å². The van der Waals surface area contributed by atoms with E-state index in [0.717, 1.165) is 0 Å². The van der Waals surface area contributed by atoms with E-state index in [9.17, 15) is 14.7 Å². The first-order chi connectivity index (χ1) is 7.10. The van der Waals surface area contributed by atoms with Crippen molar-refractivity contribution in [2.45, 2.75) is 25.5 Å². The Morgan fingerprint density at radius 1 is 1.53 bits per heavy atom. The van der Waals surface area contributed by atoms with Crippen molar-refractivity contribution in [1.82, 2.24) is 4.90 Å². The lowest BCUT2D eigenvalue weighted by Gasteiger charge is -2.21. The molecule has 1 unspecified atom stereocenters. The molecule has 0 saturated carbocycles. The highest BCUT2D eigenvalue weighted by Crippen LogP contribution is 2.19. The second-order valence-corrected chi connectivity index (χ2v) is 3.28. The lowest BCUT2D eigenvalue weighted by Crippen LogP contribution is -2.41. The fraction of sp³-hybridized carbons (Fsp3) is 0.778. The summed E-state index contributed by atoms with van der Waals surface area (Å²) in [5, 5.41) is 9.37. The van der Waals surface area contributed by atoms with E-state index in [1.54, 1.807) is 6.92 Å². The molecule has 15 heavy (non-hydrogen) atoms. The first kappa shape index (κ1) is 11.8. The van der Waals surface area contributed by atoms with Gasteiger partial charge in [-0.25, -0.2) is 9.59 Å². The van der Waals surface area contributed by atoms with Crippen LogP contribution in [0.2, 0.25) is 0 Å². The lowest BCUT2D eigenvalue weighted by atomic mass is 10.2. The van der Waals surface area contributed by atoms with Gasteiger partial charge in [0, 0.05) is 6.42 Å². The van der Waals surface area contributed by atoms with Gasteiger partial charge in [0.2, 0.25) is 0 Å². The average Bonchev–Trinajstić information content (AvgIpc) is 2.59. The molecule has 1 aliphatic rings. The van der Waals surface area contributed by atoms with Crippen LogP contribution >= 0.6 is 0 Å². The Morgan fingerprint density at radius 2 is 2.20 bits per heavy atom. The van der Waals surface area contributed by atoms with Crippen LogP contribution < -0.4 is 0 Å². The summed E-state index contributed by atoms with van der Waals surface area (Å²) in [6.07, 6.45) is -1.09. The predicted molar refractivity (Wildman–Crippen MR) is 50.2 cm³/mol. The molecule has 0 aromatic heterocycles. The highest BCUT2D eigenvalue weighted by Gasteiger charge is 2.40. The van der Waals surface area contributed by atoms with Gasteiger partial charge in [0.1, 0.15) is 6.04 Å². The van der Waals surface area contributed by atoms with E-state index in [1.165, 1.54) is 12.0 Å². The number of likely N-dealkylation sites (tertiary alicyclic amines) is 1. The van der Waals surface area contributed by atoms with Gasteiger partial charge in [0.05, 0.1) is 26.4 Å². The molecule has 0 aromatic carbocycles. The van der Waals surface area contributed by atoms with Crippen molar-refractivity contribution in [1.29, 1.82) is 0 Å². The Balaban J connectivity index is 2.68. The molecule has 1 saturated heterocycles. The van der Waals surface area contributed by atoms with E-state index < -0.39 is 24.2 Å². The van der Waals surface area contributed by atoms with Crippen molar-refractivity contribution in [3.63, 3.8) is 0 Å². The van der Waals surface area contributed by atoms with Crippen LogP contribution in [0.25, 0.3) is 0 Å². The fourth-order valence-corrected chi connectivity index (χ4v) is 1.58. The SMILES string of the molecule is CCOC(=O)N1C[C@H](O)CC1C(=O)OC. The minimum atomic E-state index is -0.732. The largest absolute Gasteiger partial charge is 0.467 e. The van der Waals surface area contributed by atoms with E-state index in [4.69, 9.17) is 4.74 Å². The zero-order valence-electron chi connectivity index (χ0n) is 8.80. The molecule has 0 radical (unpaired) electrons. The van der Waals surface area contributed by atoms with Crippen molar-refractivity contribution in [2.75, 3.05) is 20.3 Å². The topological polar surface area (TPSA) is 76.1 Å². The second kappa shape index (κ2) is 4.97. The van der Waals surface area contributed by atoms with Crippen LogP contribution in [0, 0.1) is 0 Å². The number of aliphatic hydroxyl groups excluding tert-OH is 1. The number of nitrogens with zero attached hydrogens (tertiary/aromatic N) is 1. The Bertz CT molecular complexity index is 255. The molecular formula is C9H15NO5. The molecule has 0 spiro atoms. The number of ether oxygens (including phenoxy) is 2. The average molecular weight is 217 g/mol. The van der Waals surface area contributed by atoms with Gasteiger partial charge >= 0.3 is 12.1 Å². The van der Waals surface area contributed by atoms with Gasteiger partial charge in [0.25, 0.3) is 0 Å². The number of esters is 1. The number of rotatable bonds is 2. The van der Waals surface area contributed by atoms with Gasteiger partial charge in [-0.1, -0.05) is 0 Å². The molecule has 1 N–H and O–H groups in total. The monoisotopic (exact) mass is 217 g/mol. The van der Waals surface area contributed by atoms with Gasteiger partial charge in [0.15, 0.2) is 0 Å². The lowest BCUT2D eigenvalue weighted by molar-refractivity contribution is -0.145. The third-order valence-corrected chi connectivity index (χ3v) is 2.25. The molecule has 1 aliphatic heterocycles. The number of carbonyl (C=O) groups excluding carboxylic acids is 2. The third-order valence-electron chi connectivity index (χ3n) is 2.25. The number of β-amino-alcohol motifs (C(OH)–C–C–N with tert-alkyl or cyclic N) is 1. The molecule has 0 bridgehead atoms. The normalized spacial score (nSPS) is 25.1. The summed E-state index contributed by atoms with van der Waals surface area (Å²) in [6.45, 7) is 2.02. The summed E-state index contributed by atoms with van der Waals surface area (Å²) in [6, 6.07) is -0.732. The molecule has 0 aromatic rings. The number of amides is 1. The fourth-order valence-electron chi connectivity index (χ4n) is 1.58. The maximum Gasteiger partial charge on any atom is 0.410 e. The predicted octanol–water partition coefficient (Wildman–Crippen LogP) is -0.249. The number of carbonyl (C=O) groups is 2. The van der Waals surface area contributed by atoms with Crippen molar-refractivity contribution < 1.29 is 24.2 Å². The number of methoxy groups -OCH3 is 1. The summed E-state index contributed by atoms with van der Waals surface area (Å²) in [5.41, 5.74) is 0. The smallest absolute Gasteiger partial charge is 0.410 e. The van der Waals surface area contributed by atoms with Crippen LogP contribution in [0.5, 0.6) is 0 Å². The van der Waals surface area contributed by atoms with Crippen LogP contribution in [0.4, 0.5) is 4.79 Å². The first-order valence-corrected chi connectivity index (χ1v) is 4.79. The van der Waals surface area contributed by atoms with Crippen LogP contribution in [0.1, 0.15) is 13.3 Å². The van der Waals surface area contributed by atoms with Gasteiger partial charge in [-0.3, -0.25) is 4.90 Å². The number of aliphatic hydroxyl groups is 1. The van der Waals surface area contributed by atoms with Crippen molar-refractivity contribution >= 4 is 12.1 Å². The minimum absolute atomic E-state index is 0.110. The van der Waals surface area contributed by atoms with Gasteiger partial charge in [-0.05, 0) is 6.92 Å². The third kappa shape index (κ3) is 2.59. The number of hydrogen-bond donors (Lipinski definition) is 1.